The zero-order chi connectivity index (χ0) is 14.3. The maximum Gasteiger partial charge on any atom is 0.209 e. The second kappa shape index (κ2) is 5.10. The van der Waals surface area contributed by atoms with Gasteiger partial charge in [-0.25, -0.2) is 0 Å². The third-order valence-corrected chi connectivity index (χ3v) is 7.26. The Balaban J connectivity index is 1.55. The predicted octanol–water partition coefficient (Wildman–Crippen LogP) is 3.07. The Bertz CT molecular complexity index is 501. The van der Waals surface area contributed by atoms with Gasteiger partial charge in [0.05, 0.1) is 5.54 Å². The molecule has 1 saturated carbocycles. The summed E-state index contributed by atoms with van der Waals surface area (Å²) in [5, 5.41) is 2.23. The van der Waals surface area contributed by atoms with Gasteiger partial charge in [-0.3, -0.25) is 9.69 Å². The third kappa shape index (κ3) is 2.15. The van der Waals surface area contributed by atoms with Crippen LogP contribution in [0.15, 0.2) is 17.5 Å². The molecule has 4 rings (SSSR count). The van der Waals surface area contributed by atoms with Crippen LogP contribution in [-0.2, 0) is 10.3 Å². The molecule has 0 aromatic carbocycles. The topological polar surface area (TPSA) is 23.6 Å². The van der Waals surface area contributed by atoms with E-state index in [1.807, 2.05) is 16.2 Å². The highest BCUT2D eigenvalue weighted by atomic mass is 32.1. The van der Waals surface area contributed by atoms with Gasteiger partial charge in [-0.1, -0.05) is 6.07 Å². The van der Waals surface area contributed by atoms with E-state index in [0.717, 1.165) is 19.5 Å². The molecule has 1 amide bonds. The number of carbonyl (C=O) groups is 1. The summed E-state index contributed by atoms with van der Waals surface area (Å²) in [6.07, 6.45) is 8.74. The molecule has 3 nitrogen and oxygen atoms in total. The van der Waals surface area contributed by atoms with Crippen molar-refractivity contribution in [3.8, 4) is 0 Å². The minimum atomic E-state index is 0.312. The largest absolute Gasteiger partial charge is 0.345 e. The number of likely N-dealkylation sites (tertiary alicyclic amines) is 2. The summed E-state index contributed by atoms with van der Waals surface area (Å²) < 4.78 is 0. The highest BCUT2D eigenvalue weighted by Crippen LogP contribution is 2.53. The van der Waals surface area contributed by atoms with Crippen LogP contribution in [0.5, 0.6) is 0 Å². The molecule has 3 heterocycles. The minimum Gasteiger partial charge on any atom is -0.345 e. The molecule has 114 valence electrons. The van der Waals surface area contributed by atoms with Crippen LogP contribution in [0.25, 0.3) is 0 Å². The fraction of sp³-hybridized carbons (Fsp3) is 0.706. The summed E-state index contributed by atoms with van der Waals surface area (Å²) >= 11 is 1.93. The summed E-state index contributed by atoms with van der Waals surface area (Å²) in [6, 6.07) is 4.54. The van der Waals surface area contributed by atoms with Gasteiger partial charge in [0.1, 0.15) is 0 Å². The average molecular weight is 304 g/mol. The molecule has 4 heteroatoms. The van der Waals surface area contributed by atoms with Crippen LogP contribution in [0.2, 0.25) is 0 Å². The van der Waals surface area contributed by atoms with Crippen LogP contribution in [0.1, 0.15) is 43.4 Å². The second-order valence-electron chi connectivity index (χ2n) is 7.18. The molecule has 0 bridgehead atoms. The van der Waals surface area contributed by atoms with Crippen molar-refractivity contribution in [2.75, 3.05) is 26.2 Å². The van der Waals surface area contributed by atoms with Crippen molar-refractivity contribution < 1.29 is 4.79 Å². The average Bonchev–Trinajstić information content (AvgIpc) is 3.10. The lowest BCUT2D eigenvalue weighted by molar-refractivity contribution is -0.117. The van der Waals surface area contributed by atoms with Crippen molar-refractivity contribution in [3.05, 3.63) is 22.4 Å². The smallest absolute Gasteiger partial charge is 0.209 e. The van der Waals surface area contributed by atoms with E-state index in [1.54, 1.807) is 4.88 Å². The molecular formula is C17H24N2OS. The summed E-state index contributed by atoms with van der Waals surface area (Å²) in [5.74, 6) is 0. The number of hydrogen-bond acceptors (Lipinski definition) is 3. The van der Waals surface area contributed by atoms with Gasteiger partial charge in [0.25, 0.3) is 0 Å². The molecule has 1 aliphatic carbocycles. The molecule has 1 aromatic heterocycles. The molecule has 0 N–H and O–H groups in total. The molecule has 1 spiro atoms. The van der Waals surface area contributed by atoms with Crippen molar-refractivity contribution >= 4 is 17.7 Å². The number of carbonyl (C=O) groups excluding carboxylic acids is 1. The van der Waals surface area contributed by atoms with Crippen LogP contribution in [0.3, 0.4) is 0 Å². The lowest BCUT2D eigenvalue weighted by Gasteiger charge is -2.53. The highest BCUT2D eigenvalue weighted by molar-refractivity contribution is 7.10. The summed E-state index contributed by atoms with van der Waals surface area (Å²) in [7, 11) is 0. The standard InChI is InChI=1S/C17H24N2OS/c20-14-18-11-8-16(13-18)4-6-17(7-5-16,19-9-2-10-19)15-3-1-12-21-15/h1,3,12,14H,2,4-11,13H2. The third-order valence-electron chi connectivity index (χ3n) is 6.20. The van der Waals surface area contributed by atoms with Crippen LogP contribution in [0, 0.1) is 5.41 Å². The van der Waals surface area contributed by atoms with Crippen molar-refractivity contribution in [3.63, 3.8) is 0 Å². The van der Waals surface area contributed by atoms with Gasteiger partial charge in [0, 0.05) is 31.1 Å². The maximum atomic E-state index is 11.0. The monoisotopic (exact) mass is 304 g/mol. The van der Waals surface area contributed by atoms with Gasteiger partial charge < -0.3 is 4.90 Å². The maximum absolute atomic E-state index is 11.0. The van der Waals surface area contributed by atoms with Crippen molar-refractivity contribution in [2.45, 2.75) is 44.1 Å². The van der Waals surface area contributed by atoms with Gasteiger partial charge in [0.15, 0.2) is 0 Å². The molecule has 0 radical (unpaired) electrons. The molecule has 0 atom stereocenters. The summed E-state index contributed by atoms with van der Waals surface area (Å²) in [4.78, 5) is 17.3. The van der Waals surface area contributed by atoms with E-state index in [2.05, 4.69) is 22.4 Å². The Morgan fingerprint density at radius 1 is 1.10 bits per heavy atom. The van der Waals surface area contributed by atoms with Gasteiger partial charge in [0.2, 0.25) is 6.41 Å². The van der Waals surface area contributed by atoms with E-state index in [1.165, 1.54) is 51.6 Å². The van der Waals surface area contributed by atoms with Crippen LogP contribution in [-0.4, -0.2) is 42.4 Å². The van der Waals surface area contributed by atoms with Crippen LogP contribution in [0.4, 0.5) is 0 Å². The zero-order valence-electron chi connectivity index (χ0n) is 12.6. The molecular weight excluding hydrogens is 280 g/mol. The first-order valence-electron chi connectivity index (χ1n) is 8.25. The first kappa shape index (κ1) is 13.8. The Morgan fingerprint density at radius 3 is 2.43 bits per heavy atom. The molecule has 21 heavy (non-hydrogen) atoms. The zero-order valence-corrected chi connectivity index (χ0v) is 13.4. The highest BCUT2D eigenvalue weighted by Gasteiger charge is 2.50. The molecule has 3 aliphatic rings. The lowest BCUT2D eigenvalue weighted by Crippen LogP contribution is -2.55. The fourth-order valence-electron chi connectivity index (χ4n) is 4.67. The predicted molar refractivity (Wildman–Crippen MR) is 85.3 cm³/mol. The lowest BCUT2D eigenvalue weighted by atomic mass is 9.65. The van der Waals surface area contributed by atoms with E-state index >= 15 is 0 Å². The first-order chi connectivity index (χ1) is 10.3. The van der Waals surface area contributed by atoms with Gasteiger partial charge in [-0.2, -0.15) is 0 Å². The van der Waals surface area contributed by atoms with Gasteiger partial charge in [-0.05, 0) is 55.4 Å². The second-order valence-corrected chi connectivity index (χ2v) is 8.12. The van der Waals surface area contributed by atoms with Crippen molar-refractivity contribution in [1.82, 2.24) is 9.80 Å². The first-order valence-corrected chi connectivity index (χ1v) is 9.13. The summed E-state index contributed by atoms with van der Waals surface area (Å²) in [5.41, 5.74) is 0.735. The van der Waals surface area contributed by atoms with Gasteiger partial charge in [-0.15, -0.1) is 11.3 Å². The molecule has 0 unspecified atom stereocenters. The number of amides is 1. The molecule has 2 saturated heterocycles. The van der Waals surface area contributed by atoms with Crippen molar-refractivity contribution in [1.29, 1.82) is 0 Å². The number of hydrogen-bond donors (Lipinski definition) is 0. The summed E-state index contributed by atoms with van der Waals surface area (Å²) in [6.45, 7) is 4.51. The van der Waals surface area contributed by atoms with E-state index < -0.39 is 0 Å². The quantitative estimate of drug-likeness (QED) is 0.801. The van der Waals surface area contributed by atoms with Crippen LogP contribution < -0.4 is 0 Å². The normalized spacial score (nSPS) is 36.9. The Hall–Kier alpha value is -0.870. The molecule has 1 aromatic rings. The van der Waals surface area contributed by atoms with E-state index in [0.29, 0.717) is 11.0 Å². The SMILES string of the molecule is O=CN1CCC2(CCC(c3cccs3)(N3CCC3)CC2)C1. The Morgan fingerprint density at radius 2 is 1.90 bits per heavy atom. The van der Waals surface area contributed by atoms with E-state index in [4.69, 9.17) is 0 Å². The molecule has 3 fully saturated rings. The number of rotatable bonds is 3. The number of thiophene rings is 1. The minimum absolute atomic E-state index is 0.312. The van der Waals surface area contributed by atoms with Gasteiger partial charge >= 0.3 is 0 Å². The Labute approximate surface area is 130 Å². The van der Waals surface area contributed by atoms with Crippen LogP contribution >= 0.6 is 11.3 Å². The Kier molecular flexibility index (Phi) is 3.34. The molecule has 2 aliphatic heterocycles. The number of nitrogens with zero attached hydrogens (tertiary/aromatic N) is 2. The van der Waals surface area contributed by atoms with Crippen molar-refractivity contribution in [2.24, 2.45) is 5.41 Å². The van der Waals surface area contributed by atoms with E-state index in [9.17, 15) is 4.79 Å². The fourth-order valence-corrected chi connectivity index (χ4v) is 5.68. The van der Waals surface area contributed by atoms with E-state index in [-0.39, 0.29) is 0 Å².